The topological polar surface area (TPSA) is 100 Å². The lowest BCUT2D eigenvalue weighted by Crippen LogP contribution is -2.26. The highest BCUT2D eigenvalue weighted by atomic mass is 16.5. The fraction of sp³-hybridized carbons (Fsp3) is 0.583. The molecular formula is C12H20N6O. The van der Waals surface area contributed by atoms with Gasteiger partial charge in [0.1, 0.15) is 18.2 Å². The summed E-state index contributed by atoms with van der Waals surface area (Å²) in [7, 11) is 0. The van der Waals surface area contributed by atoms with Crippen molar-refractivity contribution in [2.45, 2.75) is 26.9 Å². The molecule has 7 nitrogen and oxygen atoms in total. The van der Waals surface area contributed by atoms with Gasteiger partial charge in [-0.05, 0) is 13.8 Å². The van der Waals surface area contributed by atoms with Crippen molar-refractivity contribution in [2.75, 3.05) is 30.0 Å². The number of nitrogens with one attached hydrogen (secondary N) is 1. The van der Waals surface area contributed by atoms with E-state index in [1.807, 2.05) is 18.7 Å². The van der Waals surface area contributed by atoms with Crippen LogP contribution in [0.2, 0.25) is 0 Å². The Hall–Kier alpha value is -1.91. The van der Waals surface area contributed by atoms with Crippen LogP contribution < -0.4 is 16.2 Å². The largest absolute Gasteiger partial charge is 0.374 e. The molecule has 1 rings (SSSR count). The summed E-state index contributed by atoms with van der Waals surface area (Å²) in [6, 6.07) is 3.89. The first-order valence-electron chi connectivity index (χ1n) is 6.29. The second kappa shape index (κ2) is 8.24. The molecule has 7 heteroatoms. The molecule has 0 fully saturated rings. The van der Waals surface area contributed by atoms with E-state index in [2.05, 4.69) is 21.5 Å². The molecule has 0 atom stereocenters. The van der Waals surface area contributed by atoms with Gasteiger partial charge in [0.2, 0.25) is 0 Å². The number of nitrogen functional groups attached to an aromatic ring is 1. The van der Waals surface area contributed by atoms with Crippen molar-refractivity contribution in [1.29, 1.82) is 5.26 Å². The lowest BCUT2D eigenvalue weighted by Gasteiger charge is -2.21. The van der Waals surface area contributed by atoms with Crippen LogP contribution in [0, 0.1) is 11.3 Å². The first-order chi connectivity index (χ1) is 9.24. The van der Waals surface area contributed by atoms with Gasteiger partial charge in [0.05, 0.1) is 12.5 Å². The molecular weight excluding hydrogens is 244 g/mol. The molecule has 0 aliphatic rings. The monoisotopic (exact) mass is 264 g/mol. The zero-order chi connectivity index (χ0) is 14.1. The summed E-state index contributed by atoms with van der Waals surface area (Å²) >= 11 is 0. The Morgan fingerprint density at radius 2 is 2.26 bits per heavy atom. The minimum atomic E-state index is 0.342. The van der Waals surface area contributed by atoms with Gasteiger partial charge in [-0.2, -0.15) is 5.26 Å². The Balaban J connectivity index is 2.93. The van der Waals surface area contributed by atoms with Crippen LogP contribution in [0.25, 0.3) is 0 Å². The predicted octanol–water partition coefficient (Wildman–Crippen LogP) is 1.04. The van der Waals surface area contributed by atoms with Crippen LogP contribution in [-0.2, 0) is 11.3 Å². The summed E-state index contributed by atoms with van der Waals surface area (Å²) in [4.78, 5) is 10.7. The van der Waals surface area contributed by atoms with E-state index >= 15 is 0 Å². The number of nitriles is 1. The van der Waals surface area contributed by atoms with E-state index in [1.54, 1.807) is 6.07 Å². The molecule has 104 valence electrons. The number of rotatable bonds is 8. The number of aromatic nitrogens is 2. The van der Waals surface area contributed by atoms with E-state index in [0.29, 0.717) is 37.8 Å². The summed E-state index contributed by atoms with van der Waals surface area (Å²) in [5.74, 6) is 7.26. The fourth-order valence-electron chi connectivity index (χ4n) is 1.60. The Bertz CT molecular complexity index is 431. The Morgan fingerprint density at radius 3 is 2.84 bits per heavy atom. The molecule has 0 aliphatic carbocycles. The standard InChI is InChI=1S/C12H20N6O/c1-3-18(7-5-6-13)12-8-10(17-14)15-11(16-12)9-19-4-2/h8H,3-5,7,9,14H2,1-2H3,(H,15,16,17). The molecule has 0 aliphatic heterocycles. The molecule has 0 saturated heterocycles. The van der Waals surface area contributed by atoms with Crippen molar-refractivity contribution in [1.82, 2.24) is 9.97 Å². The van der Waals surface area contributed by atoms with Gasteiger partial charge in [0.15, 0.2) is 5.82 Å². The first kappa shape index (κ1) is 15.1. The third-order valence-corrected chi connectivity index (χ3v) is 2.54. The van der Waals surface area contributed by atoms with E-state index in [0.717, 1.165) is 12.4 Å². The van der Waals surface area contributed by atoms with Gasteiger partial charge >= 0.3 is 0 Å². The summed E-state index contributed by atoms with van der Waals surface area (Å²) in [6.45, 7) is 6.26. The van der Waals surface area contributed by atoms with Crippen LogP contribution in [0.5, 0.6) is 0 Å². The average Bonchev–Trinajstić information content (AvgIpc) is 2.45. The maximum absolute atomic E-state index is 8.67. The van der Waals surface area contributed by atoms with E-state index in [-0.39, 0.29) is 0 Å². The van der Waals surface area contributed by atoms with Gasteiger partial charge in [-0.3, -0.25) is 0 Å². The van der Waals surface area contributed by atoms with Gasteiger partial charge in [-0.25, -0.2) is 15.8 Å². The van der Waals surface area contributed by atoms with Crippen molar-refractivity contribution in [3.63, 3.8) is 0 Å². The quantitative estimate of drug-likeness (QED) is 0.534. The first-order valence-corrected chi connectivity index (χ1v) is 6.29. The van der Waals surface area contributed by atoms with Crippen LogP contribution >= 0.6 is 0 Å². The average molecular weight is 264 g/mol. The number of hydrogen-bond acceptors (Lipinski definition) is 7. The van der Waals surface area contributed by atoms with Crippen LogP contribution in [0.1, 0.15) is 26.1 Å². The number of hydrogen-bond donors (Lipinski definition) is 2. The summed E-state index contributed by atoms with van der Waals surface area (Å²) in [5.41, 5.74) is 2.52. The molecule has 0 unspecified atom stereocenters. The summed E-state index contributed by atoms with van der Waals surface area (Å²) in [5, 5.41) is 8.67. The minimum absolute atomic E-state index is 0.342. The van der Waals surface area contributed by atoms with Crippen LogP contribution in [0.4, 0.5) is 11.6 Å². The molecule has 0 amide bonds. The molecule has 0 spiro atoms. The van der Waals surface area contributed by atoms with Gasteiger partial charge in [0.25, 0.3) is 0 Å². The molecule has 1 heterocycles. The zero-order valence-electron chi connectivity index (χ0n) is 11.4. The molecule has 1 aromatic heterocycles. The summed E-state index contributed by atoms with van der Waals surface area (Å²) < 4.78 is 5.30. The Labute approximate surface area is 113 Å². The predicted molar refractivity (Wildman–Crippen MR) is 73.3 cm³/mol. The smallest absolute Gasteiger partial charge is 0.158 e. The normalized spacial score (nSPS) is 10.0. The van der Waals surface area contributed by atoms with E-state index in [9.17, 15) is 0 Å². The third kappa shape index (κ3) is 4.69. The van der Waals surface area contributed by atoms with Crippen LogP contribution in [-0.4, -0.2) is 29.7 Å². The van der Waals surface area contributed by atoms with Crippen LogP contribution in [0.3, 0.4) is 0 Å². The van der Waals surface area contributed by atoms with Crippen molar-refractivity contribution in [3.8, 4) is 6.07 Å². The van der Waals surface area contributed by atoms with Crippen LogP contribution in [0.15, 0.2) is 6.07 Å². The van der Waals surface area contributed by atoms with Crippen molar-refractivity contribution < 1.29 is 4.74 Å². The lowest BCUT2D eigenvalue weighted by molar-refractivity contribution is 0.128. The summed E-state index contributed by atoms with van der Waals surface area (Å²) in [6.07, 6.45) is 0.448. The molecule has 0 radical (unpaired) electrons. The highest BCUT2D eigenvalue weighted by molar-refractivity contribution is 5.48. The Kier molecular flexibility index (Phi) is 6.57. The van der Waals surface area contributed by atoms with Crippen molar-refractivity contribution in [2.24, 2.45) is 5.84 Å². The highest BCUT2D eigenvalue weighted by Crippen LogP contribution is 2.16. The number of anilines is 2. The van der Waals surface area contributed by atoms with E-state index in [4.69, 9.17) is 15.8 Å². The molecule has 0 aromatic carbocycles. The number of nitrogens with two attached hydrogens (primary N) is 1. The second-order valence-corrected chi connectivity index (χ2v) is 3.80. The van der Waals surface area contributed by atoms with E-state index in [1.165, 1.54) is 0 Å². The number of nitrogens with zero attached hydrogens (tertiary/aromatic N) is 4. The van der Waals surface area contributed by atoms with Gasteiger partial charge in [-0.15, -0.1) is 0 Å². The zero-order valence-corrected chi connectivity index (χ0v) is 11.4. The minimum Gasteiger partial charge on any atom is -0.374 e. The maximum atomic E-state index is 8.67. The SMILES string of the molecule is CCOCc1nc(NN)cc(N(CC)CCC#N)n1. The molecule has 0 bridgehead atoms. The number of ether oxygens (including phenoxy) is 1. The molecule has 1 aromatic rings. The molecule has 0 saturated carbocycles. The maximum Gasteiger partial charge on any atom is 0.158 e. The highest BCUT2D eigenvalue weighted by Gasteiger charge is 2.10. The number of hydrazine groups is 1. The Morgan fingerprint density at radius 1 is 1.47 bits per heavy atom. The lowest BCUT2D eigenvalue weighted by atomic mass is 10.3. The van der Waals surface area contributed by atoms with Gasteiger partial charge in [0, 0.05) is 25.8 Å². The van der Waals surface area contributed by atoms with Crippen molar-refractivity contribution in [3.05, 3.63) is 11.9 Å². The second-order valence-electron chi connectivity index (χ2n) is 3.80. The third-order valence-electron chi connectivity index (χ3n) is 2.54. The molecule has 3 N–H and O–H groups in total. The van der Waals surface area contributed by atoms with E-state index < -0.39 is 0 Å². The fourth-order valence-corrected chi connectivity index (χ4v) is 1.60. The van der Waals surface area contributed by atoms with Gasteiger partial charge < -0.3 is 15.1 Å². The van der Waals surface area contributed by atoms with Gasteiger partial charge in [-0.1, -0.05) is 0 Å². The molecule has 19 heavy (non-hydrogen) atoms. The van der Waals surface area contributed by atoms with Crippen molar-refractivity contribution >= 4 is 11.6 Å².